The lowest BCUT2D eigenvalue weighted by atomic mass is 9.81. The Labute approximate surface area is 180 Å². The lowest BCUT2D eigenvalue weighted by molar-refractivity contribution is 0.0389. The third-order valence-electron chi connectivity index (χ3n) is 7.25. The maximum atomic E-state index is 10.4. The number of fused-ring (bicyclic) bond motifs is 1. The number of rotatable bonds is 10. The van der Waals surface area contributed by atoms with E-state index in [1.807, 2.05) is 13.8 Å². The third kappa shape index (κ3) is 6.40. The summed E-state index contributed by atoms with van der Waals surface area (Å²) in [5.74, 6) is 3.87. The van der Waals surface area contributed by atoms with Gasteiger partial charge >= 0.3 is 0 Å². The zero-order chi connectivity index (χ0) is 21.8. The number of hydrogen-bond donors (Lipinski definition) is 1. The van der Waals surface area contributed by atoms with Crippen molar-refractivity contribution in [2.24, 2.45) is 17.8 Å². The first-order valence-corrected chi connectivity index (χ1v) is 12.0. The zero-order valence-electron chi connectivity index (χ0n) is 20.5. The first kappa shape index (κ1) is 24.1. The Bertz CT molecular complexity index is 676. The zero-order valence-corrected chi connectivity index (χ0v) is 20.5. The minimum absolute atomic E-state index is 0.0874. The molecule has 2 rings (SSSR count). The van der Waals surface area contributed by atoms with Gasteiger partial charge in [0.2, 0.25) is 0 Å². The Kier molecular flexibility index (Phi) is 8.49. The van der Waals surface area contributed by atoms with Gasteiger partial charge in [0.05, 0.1) is 0 Å². The second-order valence-electron chi connectivity index (χ2n) is 10.8. The smallest absolute Gasteiger partial charge is 0.127 e. The summed E-state index contributed by atoms with van der Waals surface area (Å²) in [7, 11) is 0. The van der Waals surface area contributed by atoms with E-state index in [1.165, 1.54) is 44.1 Å². The van der Waals surface area contributed by atoms with Gasteiger partial charge in [0.1, 0.15) is 17.1 Å². The molecule has 1 N–H and O–H groups in total. The van der Waals surface area contributed by atoms with Crippen LogP contribution in [0.5, 0.6) is 11.5 Å². The lowest BCUT2D eigenvalue weighted by Crippen LogP contribution is -2.38. The topological polar surface area (TPSA) is 29.5 Å². The van der Waals surface area contributed by atoms with Crippen molar-refractivity contribution in [1.29, 1.82) is 0 Å². The van der Waals surface area contributed by atoms with Crippen LogP contribution in [0.1, 0.15) is 108 Å². The molecule has 2 unspecified atom stereocenters. The Balaban J connectivity index is 1.86. The van der Waals surface area contributed by atoms with Gasteiger partial charge in [-0.15, -0.1) is 0 Å². The molecule has 0 aliphatic carbocycles. The molecule has 0 saturated carbocycles. The van der Waals surface area contributed by atoms with Gasteiger partial charge in [-0.1, -0.05) is 66.2 Å². The predicted molar refractivity (Wildman–Crippen MR) is 125 cm³/mol. The number of phenolic OH excluding ortho intramolecular Hbond substituents is 1. The Morgan fingerprint density at radius 1 is 0.862 bits per heavy atom. The Hall–Kier alpha value is -1.18. The largest absolute Gasteiger partial charge is 0.507 e. The van der Waals surface area contributed by atoms with Gasteiger partial charge in [-0.25, -0.2) is 0 Å². The summed E-state index contributed by atoms with van der Waals surface area (Å²) in [5, 5.41) is 10.4. The van der Waals surface area contributed by atoms with Gasteiger partial charge < -0.3 is 9.84 Å². The monoisotopic (exact) mass is 402 g/mol. The van der Waals surface area contributed by atoms with Crippen molar-refractivity contribution >= 4 is 0 Å². The molecule has 2 heteroatoms. The highest BCUT2D eigenvalue weighted by molar-refractivity contribution is 5.58. The van der Waals surface area contributed by atoms with E-state index < -0.39 is 0 Å². The number of phenols is 1. The molecule has 0 saturated heterocycles. The SMILES string of the molecule is Cc1c(C)c2c(c(C)c1O)CCC(C)(C[C@H](C)CCCC(C)CCCC(C)C)O2. The first-order chi connectivity index (χ1) is 13.5. The van der Waals surface area contributed by atoms with Crippen LogP contribution in [0, 0.1) is 38.5 Å². The van der Waals surface area contributed by atoms with E-state index in [1.54, 1.807) is 0 Å². The Morgan fingerprint density at radius 3 is 2.07 bits per heavy atom. The van der Waals surface area contributed by atoms with Crippen LogP contribution < -0.4 is 4.74 Å². The van der Waals surface area contributed by atoms with Crippen molar-refractivity contribution in [2.75, 3.05) is 0 Å². The van der Waals surface area contributed by atoms with Crippen LogP contribution in [0.4, 0.5) is 0 Å². The van der Waals surface area contributed by atoms with Gasteiger partial charge in [-0.05, 0) is 81.4 Å². The van der Waals surface area contributed by atoms with Crippen LogP contribution in [-0.4, -0.2) is 10.7 Å². The summed E-state index contributed by atoms with van der Waals surface area (Å²) in [4.78, 5) is 0. The van der Waals surface area contributed by atoms with Crippen molar-refractivity contribution in [2.45, 2.75) is 119 Å². The van der Waals surface area contributed by atoms with Crippen molar-refractivity contribution < 1.29 is 9.84 Å². The summed E-state index contributed by atoms with van der Waals surface area (Å²) in [6.45, 7) is 17.9. The molecule has 1 aromatic rings. The summed E-state index contributed by atoms with van der Waals surface area (Å²) < 4.78 is 6.63. The number of hydrogen-bond acceptors (Lipinski definition) is 2. The molecule has 0 radical (unpaired) electrons. The van der Waals surface area contributed by atoms with E-state index in [9.17, 15) is 5.11 Å². The normalized spacial score (nSPS) is 21.0. The van der Waals surface area contributed by atoms with E-state index in [4.69, 9.17) is 4.74 Å². The molecule has 166 valence electrons. The van der Waals surface area contributed by atoms with Crippen LogP contribution in [0.15, 0.2) is 0 Å². The fourth-order valence-corrected chi connectivity index (χ4v) is 5.11. The molecular formula is C27H46O2. The molecule has 1 aliphatic heterocycles. The molecule has 2 nitrogen and oxygen atoms in total. The fraction of sp³-hybridized carbons (Fsp3) is 0.778. The maximum absolute atomic E-state index is 10.4. The van der Waals surface area contributed by atoms with Gasteiger partial charge in [0.15, 0.2) is 0 Å². The van der Waals surface area contributed by atoms with Crippen molar-refractivity contribution in [1.82, 2.24) is 0 Å². The number of ether oxygens (including phenoxy) is 1. The minimum atomic E-state index is -0.0874. The molecular weight excluding hydrogens is 356 g/mol. The van der Waals surface area contributed by atoms with E-state index in [0.717, 1.165) is 53.5 Å². The first-order valence-electron chi connectivity index (χ1n) is 12.0. The average Bonchev–Trinajstić information content (AvgIpc) is 2.64. The second kappa shape index (κ2) is 10.2. The number of benzene rings is 1. The summed E-state index contributed by atoms with van der Waals surface area (Å²) >= 11 is 0. The molecule has 0 fully saturated rings. The third-order valence-corrected chi connectivity index (χ3v) is 7.25. The highest BCUT2D eigenvalue weighted by Gasteiger charge is 2.35. The molecule has 1 aromatic carbocycles. The fourth-order valence-electron chi connectivity index (χ4n) is 5.11. The van der Waals surface area contributed by atoms with Crippen LogP contribution in [0.3, 0.4) is 0 Å². The van der Waals surface area contributed by atoms with E-state index >= 15 is 0 Å². The van der Waals surface area contributed by atoms with Gasteiger partial charge in [-0.3, -0.25) is 0 Å². The maximum Gasteiger partial charge on any atom is 0.127 e. The quantitative estimate of drug-likeness (QED) is 0.429. The Morgan fingerprint density at radius 2 is 1.45 bits per heavy atom. The summed E-state index contributed by atoms with van der Waals surface area (Å²) in [6, 6.07) is 0. The average molecular weight is 403 g/mol. The van der Waals surface area contributed by atoms with E-state index in [0.29, 0.717) is 11.7 Å². The molecule has 0 bridgehead atoms. The van der Waals surface area contributed by atoms with E-state index in [-0.39, 0.29) is 5.60 Å². The van der Waals surface area contributed by atoms with Crippen LogP contribution in [-0.2, 0) is 6.42 Å². The van der Waals surface area contributed by atoms with Gasteiger partial charge in [0.25, 0.3) is 0 Å². The lowest BCUT2D eigenvalue weighted by Gasteiger charge is -2.39. The minimum Gasteiger partial charge on any atom is -0.507 e. The summed E-state index contributed by atoms with van der Waals surface area (Å²) in [6.07, 6.45) is 11.3. The summed E-state index contributed by atoms with van der Waals surface area (Å²) in [5.41, 5.74) is 4.20. The van der Waals surface area contributed by atoms with Crippen molar-refractivity contribution in [3.05, 3.63) is 22.3 Å². The predicted octanol–water partition coefficient (Wildman–Crippen LogP) is 8.06. The van der Waals surface area contributed by atoms with Crippen molar-refractivity contribution in [3.8, 4) is 11.5 Å². The molecule has 1 aliphatic rings. The van der Waals surface area contributed by atoms with E-state index in [2.05, 4.69) is 41.5 Å². The second-order valence-corrected chi connectivity index (χ2v) is 10.8. The van der Waals surface area contributed by atoms with Crippen LogP contribution >= 0.6 is 0 Å². The molecule has 3 atom stereocenters. The van der Waals surface area contributed by atoms with Gasteiger partial charge in [-0.2, -0.15) is 0 Å². The molecule has 0 spiro atoms. The number of aromatic hydroxyl groups is 1. The van der Waals surface area contributed by atoms with Gasteiger partial charge in [0, 0.05) is 5.56 Å². The standard InChI is InChI=1S/C27H46O2/c1-18(2)11-9-12-19(3)13-10-14-20(4)17-27(8)16-15-24-23(7)25(28)21(5)22(6)26(24)29-27/h18-20,28H,9-17H2,1-8H3/t19?,20-,27?/m1/s1. The highest BCUT2D eigenvalue weighted by atomic mass is 16.5. The molecule has 0 aromatic heterocycles. The molecule has 1 heterocycles. The van der Waals surface area contributed by atoms with Crippen molar-refractivity contribution in [3.63, 3.8) is 0 Å². The molecule has 29 heavy (non-hydrogen) atoms. The van der Waals surface area contributed by atoms with Crippen LogP contribution in [0.25, 0.3) is 0 Å². The highest BCUT2D eigenvalue weighted by Crippen LogP contribution is 2.45. The van der Waals surface area contributed by atoms with Crippen LogP contribution in [0.2, 0.25) is 0 Å². The molecule has 0 amide bonds.